The Morgan fingerprint density at radius 2 is 1.97 bits per heavy atom. The molecule has 0 aliphatic carbocycles. The molecule has 1 unspecified atom stereocenters. The van der Waals surface area contributed by atoms with Crippen LogP contribution in [0.4, 0.5) is 13.2 Å². The number of benzene rings is 1. The molecular formula is C22H21ClF3N3O4. The summed E-state index contributed by atoms with van der Waals surface area (Å²) in [5.74, 6) is -2.87. The second-order valence-corrected chi connectivity index (χ2v) is 7.52. The number of carbonyl (C=O) groups is 2. The highest BCUT2D eigenvalue weighted by Crippen LogP contribution is 2.45. The van der Waals surface area contributed by atoms with E-state index in [2.05, 4.69) is 10.3 Å². The highest BCUT2D eigenvalue weighted by atomic mass is 35.5. The van der Waals surface area contributed by atoms with Gasteiger partial charge in [0.1, 0.15) is 0 Å². The first-order chi connectivity index (χ1) is 15.6. The normalized spacial score (nSPS) is 16.5. The molecule has 1 aliphatic heterocycles. The van der Waals surface area contributed by atoms with Gasteiger partial charge in [-0.3, -0.25) is 0 Å². The molecule has 0 saturated heterocycles. The van der Waals surface area contributed by atoms with Gasteiger partial charge in [-0.15, -0.1) is 0 Å². The van der Waals surface area contributed by atoms with Crippen molar-refractivity contribution in [2.24, 2.45) is 0 Å². The molecule has 2 aromatic rings. The van der Waals surface area contributed by atoms with Crippen molar-refractivity contribution in [2.75, 3.05) is 13.7 Å². The van der Waals surface area contributed by atoms with Gasteiger partial charge in [0.25, 0.3) is 0 Å². The zero-order chi connectivity index (χ0) is 24.3. The quantitative estimate of drug-likeness (QED) is 0.620. The van der Waals surface area contributed by atoms with Crippen molar-refractivity contribution in [3.05, 3.63) is 75.6 Å². The second kappa shape index (κ2) is 9.70. The minimum absolute atomic E-state index is 0.0256. The van der Waals surface area contributed by atoms with Gasteiger partial charge in [-0.25, -0.2) is 14.6 Å². The first-order valence-corrected chi connectivity index (χ1v) is 10.3. The van der Waals surface area contributed by atoms with E-state index in [1.54, 1.807) is 24.6 Å². The third-order valence-electron chi connectivity index (χ3n) is 5.09. The molecule has 0 bridgehead atoms. The fraction of sp³-hybridized carbons (Fsp3) is 0.318. The molecule has 1 aromatic carbocycles. The molecule has 11 heteroatoms. The van der Waals surface area contributed by atoms with E-state index in [0.717, 1.165) is 13.2 Å². The number of dihydropyridines is 1. The Labute approximate surface area is 192 Å². The molecule has 0 radical (unpaired) electrons. The summed E-state index contributed by atoms with van der Waals surface area (Å²) in [5.41, 5.74) is -0.604. The Morgan fingerprint density at radius 3 is 2.55 bits per heavy atom. The van der Waals surface area contributed by atoms with Crippen molar-refractivity contribution in [1.82, 2.24) is 14.9 Å². The van der Waals surface area contributed by atoms with E-state index in [1.807, 2.05) is 0 Å². The summed E-state index contributed by atoms with van der Waals surface area (Å²) in [7, 11) is 1.14. The fourth-order valence-corrected chi connectivity index (χ4v) is 4.06. The predicted molar refractivity (Wildman–Crippen MR) is 113 cm³/mol. The summed E-state index contributed by atoms with van der Waals surface area (Å²) < 4.78 is 52.5. The van der Waals surface area contributed by atoms with Crippen LogP contribution in [-0.4, -0.2) is 35.2 Å². The number of hydrogen-bond donors (Lipinski definition) is 1. The number of ether oxygens (including phenoxy) is 2. The molecule has 1 aromatic heterocycles. The van der Waals surface area contributed by atoms with E-state index in [0.29, 0.717) is 11.4 Å². The SMILES string of the molecule is CCOC(=O)C1=C(C)NC(Cn2ccnc2)=C(C(=O)OC)C1c1cccc(C(F)(F)F)c1Cl. The number of carbonyl (C=O) groups excluding carboxylic acids is 2. The molecule has 176 valence electrons. The Morgan fingerprint density at radius 1 is 1.24 bits per heavy atom. The van der Waals surface area contributed by atoms with Crippen LogP contribution in [-0.2, 0) is 31.8 Å². The lowest BCUT2D eigenvalue weighted by molar-refractivity contribution is -0.139. The van der Waals surface area contributed by atoms with Gasteiger partial charge in [0.15, 0.2) is 0 Å². The summed E-state index contributed by atoms with van der Waals surface area (Å²) in [6, 6.07) is 3.36. The largest absolute Gasteiger partial charge is 0.466 e. The standard InChI is InChI=1S/C22H21ClF3N3O4/c1-4-33-21(31)16-12(2)28-15(10-29-9-8-27-11-29)18(20(30)32-3)17(16)13-6-5-7-14(19(13)23)22(24,25)26/h5-9,11,17,28H,4,10H2,1-3H3. The van der Waals surface area contributed by atoms with E-state index in [-0.39, 0.29) is 29.9 Å². The first-order valence-electron chi connectivity index (χ1n) is 9.87. The van der Waals surface area contributed by atoms with Crippen LogP contribution < -0.4 is 5.32 Å². The molecule has 1 atom stereocenters. The maximum Gasteiger partial charge on any atom is 0.417 e. The van der Waals surface area contributed by atoms with Crippen LogP contribution in [0.3, 0.4) is 0 Å². The maximum atomic E-state index is 13.6. The monoisotopic (exact) mass is 483 g/mol. The van der Waals surface area contributed by atoms with Crippen LogP contribution in [0.5, 0.6) is 0 Å². The number of hydrogen-bond acceptors (Lipinski definition) is 6. The number of alkyl halides is 3. The van der Waals surface area contributed by atoms with Crippen LogP contribution in [0, 0.1) is 0 Å². The predicted octanol–water partition coefficient (Wildman–Crippen LogP) is 4.21. The van der Waals surface area contributed by atoms with Gasteiger partial charge in [0.2, 0.25) is 0 Å². The van der Waals surface area contributed by atoms with E-state index in [9.17, 15) is 22.8 Å². The zero-order valence-corrected chi connectivity index (χ0v) is 18.8. The van der Waals surface area contributed by atoms with Gasteiger partial charge in [-0.1, -0.05) is 23.7 Å². The summed E-state index contributed by atoms with van der Waals surface area (Å²) >= 11 is 6.22. The third-order valence-corrected chi connectivity index (χ3v) is 5.51. The average molecular weight is 484 g/mol. The van der Waals surface area contributed by atoms with Gasteiger partial charge in [-0.2, -0.15) is 13.2 Å². The van der Waals surface area contributed by atoms with Gasteiger partial charge >= 0.3 is 18.1 Å². The van der Waals surface area contributed by atoms with Crippen LogP contribution >= 0.6 is 11.6 Å². The first kappa shape index (κ1) is 24.4. The van der Waals surface area contributed by atoms with Crippen LogP contribution in [0.15, 0.2) is 59.5 Å². The number of halogens is 4. The molecule has 0 spiro atoms. The van der Waals surface area contributed by atoms with E-state index >= 15 is 0 Å². The minimum Gasteiger partial charge on any atom is -0.466 e. The van der Waals surface area contributed by atoms with Gasteiger partial charge in [0.05, 0.1) is 54.2 Å². The molecule has 1 N–H and O–H groups in total. The van der Waals surface area contributed by atoms with Crippen molar-refractivity contribution in [3.8, 4) is 0 Å². The van der Waals surface area contributed by atoms with E-state index < -0.39 is 34.6 Å². The third kappa shape index (κ3) is 4.90. The lowest BCUT2D eigenvalue weighted by Crippen LogP contribution is -2.34. The van der Waals surface area contributed by atoms with Crippen molar-refractivity contribution in [1.29, 1.82) is 0 Å². The number of allylic oxidation sites excluding steroid dienone is 2. The van der Waals surface area contributed by atoms with Gasteiger partial charge in [-0.05, 0) is 25.5 Å². The zero-order valence-electron chi connectivity index (χ0n) is 18.0. The summed E-state index contributed by atoms with van der Waals surface area (Å²) in [5, 5.41) is 2.40. The van der Waals surface area contributed by atoms with Crippen molar-refractivity contribution < 1.29 is 32.2 Å². The van der Waals surface area contributed by atoms with Crippen LogP contribution in [0.25, 0.3) is 0 Å². The Bertz CT molecular complexity index is 1120. The summed E-state index contributed by atoms with van der Waals surface area (Å²) in [4.78, 5) is 29.8. The number of nitrogens with zero attached hydrogens (tertiary/aromatic N) is 2. The number of imidazole rings is 1. The average Bonchev–Trinajstić information content (AvgIpc) is 3.25. The molecule has 2 heterocycles. The van der Waals surface area contributed by atoms with Crippen molar-refractivity contribution in [2.45, 2.75) is 32.5 Å². The Balaban J connectivity index is 2.30. The second-order valence-electron chi connectivity index (χ2n) is 7.14. The number of aromatic nitrogens is 2. The van der Waals surface area contributed by atoms with Crippen molar-refractivity contribution >= 4 is 23.5 Å². The van der Waals surface area contributed by atoms with Gasteiger partial charge < -0.3 is 19.4 Å². The smallest absolute Gasteiger partial charge is 0.417 e. The minimum atomic E-state index is -4.74. The fourth-order valence-electron chi connectivity index (χ4n) is 3.72. The molecular weight excluding hydrogens is 463 g/mol. The lowest BCUT2D eigenvalue weighted by Gasteiger charge is -2.32. The molecule has 1 aliphatic rings. The van der Waals surface area contributed by atoms with Gasteiger partial charge in [0, 0.05) is 23.8 Å². The Hall–Kier alpha value is -3.27. The maximum absolute atomic E-state index is 13.6. The molecule has 7 nitrogen and oxygen atoms in total. The molecule has 3 rings (SSSR count). The van der Waals surface area contributed by atoms with Crippen LogP contribution in [0.2, 0.25) is 5.02 Å². The molecule has 0 fully saturated rings. The Kier molecular flexibility index (Phi) is 7.16. The molecule has 33 heavy (non-hydrogen) atoms. The van der Waals surface area contributed by atoms with E-state index in [1.165, 1.54) is 24.7 Å². The highest BCUT2D eigenvalue weighted by molar-refractivity contribution is 6.32. The molecule has 0 saturated carbocycles. The van der Waals surface area contributed by atoms with Crippen molar-refractivity contribution in [3.63, 3.8) is 0 Å². The van der Waals surface area contributed by atoms with Crippen LogP contribution in [0.1, 0.15) is 30.9 Å². The lowest BCUT2D eigenvalue weighted by atomic mass is 9.79. The number of rotatable bonds is 6. The number of methoxy groups -OCH3 is 1. The summed E-state index contributed by atoms with van der Waals surface area (Å²) in [6.07, 6.45) is -0.0434. The topological polar surface area (TPSA) is 82.5 Å². The number of esters is 2. The highest BCUT2D eigenvalue weighted by Gasteiger charge is 2.42. The van der Waals surface area contributed by atoms with E-state index in [4.69, 9.17) is 21.1 Å². The number of nitrogens with one attached hydrogen (secondary N) is 1. The summed E-state index contributed by atoms with van der Waals surface area (Å²) in [6.45, 7) is 3.31. The molecule has 0 amide bonds.